The molecule has 134 valence electrons. The van der Waals surface area contributed by atoms with E-state index < -0.39 is 5.41 Å². The van der Waals surface area contributed by atoms with Crippen LogP contribution < -0.4 is 0 Å². The van der Waals surface area contributed by atoms with Gasteiger partial charge in [-0.3, -0.25) is 0 Å². The number of nitrogens with zero attached hydrogens (tertiary/aromatic N) is 4. The number of hydrogen-bond donors (Lipinski definition) is 0. The minimum atomic E-state index is -0.477. The van der Waals surface area contributed by atoms with Crippen LogP contribution >= 0.6 is 0 Å². The number of benzene rings is 1. The van der Waals surface area contributed by atoms with Crippen LogP contribution in [0.2, 0.25) is 0 Å². The Morgan fingerprint density at radius 1 is 1.23 bits per heavy atom. The Hall–Kier alpha value is -2.54. The standard InChI is InChI=1S/C19H19FN4O2/c20-15-4-2-1-3-14(15)19(6-7-19)18-23-22-17(26-18)16-13(5-10-25-16)11-24-9-8-21-12-24/h1-4,8-9,12-13,16H,5-7,10-11H2/t13-,16-/m0/s1. The number of halogens is 1. The fourth-order valence-corrected chi connectivity index (χ4v) is 3.87. The lowest BCUT2D eigenvalue weighted by Gasteiger charge is -2.16. The SMILES string of the molecule is Fc1ccccc1C1(c2nnc([C@H]3OCC[C@H]3Cn3ccnc3)o2)CC1. The van der Waals surface area contributed by atoms with Gasteiger partial charge in [0, 0.05) is 37.0 Å². The van der Waals surface area contributed by atoms with Crippen LogP contribution in [-0.2, 0) is 16.7 Å². The monoisotopic (exact) mass is 354 g/mol. The summed E-state index contributed by atoms with van der Waals surface area (Å²) in [6.45, 7) is 1.46. The molecular weight excluding hydrogens is 335 g/mol. The maximum Gasteiger partial charge on any atom is 0.245 e. The lowest BCUT2D eigenvalue weighted by atomic mass is 9.95. The van der Waals surface area contributed by atoms with Gasteiger partial charge in [-0.05, 0) is 25.3 Å². The molecule has 1 saturated heterocycles. The second-order valence-electron chi connectivity index (χ2n) is 7.11. The first-order chi connectivity index (χ1) is 12.8. The summed E-state index contributed by atoms with van der Waals surface area (Å²) in [4.78, 5) is 4.08. The van der Waals surface area contributed by atoms with E-state index in [-0.39, 0.29) is 17.8 Å². The predicted octanol–water partition coefficient (Wildman–Crippen LogP) is 3.26. The molecule has 26 heavy (non-hydrogen) atoms. The molecule has 1 aliphatic carbocycles. The van der Waals surface area contributed by atoms with Gasteiger partial charge in [0.05, 0.1) is 11.7 Å². The zero-order valence-corrected chi connectivity index (χ0v) is 14.2. The molecule has 3 heterocycles. The summed E-state index contributed by atoms with van der Waals surface area (Å²) < 4.78 is 28.2. The highest BCUT2D eigenvalue weighted by Gasteiger charge is 2.52. The van der Waals surface area contributed by atoms with Gasteiger partial charge in [-0.2, -0.15) is 0 Å². The molecule has 1 aromatic carbocycles. The Morgan fingerprint density at radius 2 is 2.12 bits per heavy atom. The van der Waals surface area contributed by atoms with Crippen molar-refractivity contribution >= 4 is 0 Å². The lowest BCUT2D eigenvalue weighted by molar-refractivity contribution is 0.0624. The van der Waals surface area contributed by atoms with Gasteiger partial charge >= 0.3 is 0 Å². The van der Waals surface area contributed by atoms with E-state index in [1.165, 1.54) is 6.07 Å². The first-order valence-corrected chi connectivity index (χ1v) is 8.92. The van der Waals surface area contributed by atoms with Crippen LogP contribution in [0, 0.1) is 11.7 Å². The maximum absolute atomic E-state index is 14.3. The van der Waals surface area contributed by atoms with E-state index in [2.05, 4.69) is 15.2 Å². The van der Waals surface area contributed by atoms with Crippen molar-refractivity contribution in [2.75, 3.05) is 6.61 Å². The summed E-state index contributed by atoms with van der Waals surface area (Å²) >= 11 is 0. The van der Waals surface area contributed by atoms with Gasteiger partial charge in [0.15, 0.2) is 0 Å². The molecule has 0 amide bonds. The third-order valence-corrected chi connectivity index (χ3v) is 5.45. The number of aromatic nitrogens is 4. The van der Waals surface area contributed by atoms with Crippen LogP contribution in [0.15, 0.2) is 47.4 Å². The first kappa shape index (κ1) is 15.7. The maximum atomic E-state index is 14.3. The van der Waals surface area contributed by atoms with Crippen molar-refractivity contribution in [2.24, 2.45) is 5.92 Å². The van der Waals surface area contributed by atoms with Crippen LogP contribution in [0.3, 0.4) is 0 Å². The van der Waals surface area contributed by atoms with E-state index in [1.54, 1.807) is 24.7 Å². The summed E-state index contributed by atoms with van der Waals surface area (Å²) in [5.41, 5.74) is 0.159. The second-order valence-corrected chi connectivity index (χ2v) is 7.11. The first-order valence-electron chi connectivity index (χ1n) is 8.92. The molecule has 0 unspecified atom stereocenters. The Kier molecular flexibility index (Phi) is 3.63. The molecule has 7 heteroatoms. The van der Waals surface area contributed by atoms with E-state index in [4.69, 9.17) is 9.15 Å². The van der Waals surface area contributed by atoms with Crippen molar-refractivity contribution in [2.45, 2.75) is 37.3 Å². The van der Waals surface area contributed by atoms with Gasteiger partial charge in [-0.25, -0.2) is 9.37 Å². The second kappa shape index (κ2) is 6.02. The number of imidazole rings is 1. The molecule has 1 aliphatic heterocycles. The van der Waals surface area contributed by atoms with Crippen molar-refractivity contribution in [1.82, 2.24) is 19.7 Å². The Morgan fingerprint density at radius 3 is 2.88 bits per heavy atom. The predicted molar refractivity (Wildman–Crippen MR) is 89.7 cm³/mol. The van der Waals surface area contributed by atoms with Gasteiger partial charge in [0.1, 0.15) is 11.9 Å². The molecule has 2 aliphatic rings. The molecule has 2 fully saturated rings. The van der Waals surface area contributed by atoms with Gasteiger partial charge in [-0.1, -0.05) is 18.2 Å². The largest absolute Gasteiger partial charge is 0.421 e. The summed E-state index contributed by atoms with van der Waals surface area (Å²) in [7, 11) is 0. The van der Waals surface area contributed by atoms with Crippen LogP contribution in [-0.4, -0.2) is 26.4 Å². The Bertz CT molecular complexity index is 904. The fraction of sp³-hybridized carbons (Fsp3) is 0.421. The molecule has 2 aromatic heterocycles. The third-order valence-electron chi connectivity index (χ3n) is 5.45. The van der Waals surface area contributed by atoms with E-state index in [1.807, 2.05) is 16.8 Å². The quantitative estimate of drug-likeness (QED) is 0.704. The molecule has 1 saturated carbocycles. The third kappa shape index (κ3) is 2.54. The zero-order valence-electron chi connectivity index (χ0n) is 14.2. The highest BCUT2D eigenvalue weighted by molar-refractivity contribution is 5.39. The van der Waals surface area contributed by atoms with Crippen molar-refractivity contribution < 1.29 is 13.5 Å². The molecular formula is C19H19FN4O2. The Labute approximate surface area is 150 Å². The molecule has 0 radical (unpaired) electrons. The summed E-state index contributed by atoms with van der Waals surface area (Å²) in [6, 6.07) is 6.83. The van der Waals surface area contributed by atoms with Crippen LogP contribution in [0.1, 0.15) is 42.7 Å². The minimum Gasteiger partial charge on any atom is -0.421 e. The van der Waals surface area contributed by atoms with Crippen LogP contribution in [0.4, 0.5) is 4.39 Å². The normalized spacial score (nSPS) is 24.0. The zero-order chi connectivity index (χ0) is 17.6. The number of ether oxygens (including phenoxy) is 1. The van der Waals surface area contributed by atoms with Crippen LogP contribution in [0.25, 0.3) is 0 Å². The topological polar surface area (TPSA) is 66.0 Å². The highest BCUT2D eigenvalue weighted by Crippen LogP contribution is 2.54. The summed E-state index contributed by atoms with van der Waals surface area (Å²) in [6.07, 6.45) is 7.84. The van der Waals surface area contributed by atoms with E-state index in [0.717, 1.165) is 25.8 Å². The molecule has 0 N–H and O–H groups in total. The van der Waals surface area contributed by atoms with E-state index >= 15 is 0 Å². The lowest BCUT2D eigenvalue weighted by Crippen LogP contribution is -2.14. The average molecular weight is 354 g/mol. The van der Waals surface area contributed by atoms with Crippen molar-refractivity contribution in [3.05, 3.63) is 66.1 Å². The van der Waals surface area contributed by atoms with Crippen molar-refractivity contribution in [1.29, 1.82) is 0 Å². The smallest absolute Gasteiger partial charge is 0.245 e. The summed E-state index contributed by atoms with van der Waals surface area (Å²) in [5.74, 6) is 1.01. The number of hydrogen-bond acceptors (Lipinski definition) is 5. The minimum absolute atomic E-state index is 0.222. The van der Waals surface area contributed by atoms with Gasteiger partial charge in [0.25, 0.3) is 0 Å². The molecule has 0 bridgehead atoms. The fourth-order valence-electron chi connectivity index (χ4n) is 3.87. The van der Waals surface area contributed by atoms with E-state index in [9.17, 15) is 4.39 Å². The molecule has 3 aromatic rings. The van der Waals surface area contributed by atoms with Crippen molar-refractivity contribution in [3.63, 3.8) is 0 Å². The van der Waals surface area contributed by atoms with Gasteiger partial charge in [-0.15, -0.1) is 10.2 Å². The summed E-state index contributed by atoms with van der Waals surface area (Å²) in [5, 5.41) is 8.51. The average Bonchev–Trinajstić information content (AvgIpc) is 3.07. The van der Waals surface area contributed by atoms with Crippen molar-refractivity contribution in [3.8, 4) is 0 Å². The van der Waals surface area contributed by atoms with E-state index in [0.29, 0.717) is 24.0 Å². The number of rotatable bonds is 5. The Balaban J connectivity index is 1.41. The molecule has 6 nitrogen and oxygen atoms in total. The molecule has 5 rings (SSSR count). The van der Waals surface area contributed by atoms with Gasteiger partial charge in [0.2, 0.25) is 11.8 Å². The van der Waals surface area contributed by atoms with Crippen LogP contribution in [0.5, 0.6) is 0 Å². The highest BCUT2D eigenvalue weighted by atomic mass is 19.1. The molecule has 0 spiro atoms. The van der Waals surface area contributed by atoms with Gasteiger partial charge < -0.3 is 13.7 Å². The molecule has 2 atom stereocenters.